The molecule has 20 heavy (non-hydrogen) atoms. The zero-order valence-electron chi connectivity index (χ0n) is 12.2. The molecule has 0 aromatic heterocycles. The molecule has 0 aliphatic heterocycles. The van der Waals surface area contributed by atoms with Gasteiger partial charge in [0.15, 0.2) is 0 Å². The first-order chi connectivity index (χ1) is 9.53. The summed E-state index contributed by atoms with van der Waals surface area (Å²) in [6.45, 7) is 8.19. The Morgan fingerprint density at radius 3 is 2.75 bits per heavy atom. The molecule has 2 aliphatic carbocycles. The van der Waals surface area contributed by atoms with Gasteiger partial charge in [-0.05, 0) is 60.1 Å². The van der Waals surface area contributed by atoms with Gasteiger partial charge >= 0.3 is 0 Å². The van der Waals surface area contributed by atoms with Crippen LogP contribution < -0.4 is 5.73 Å². The average molecular weight is 263 g/mol. The lowest BCUT2D eigenvalue weighted by molar-refractivity contribution is 0.556. The largest absolute Gasteiger partial charge is 0.321 e. The summed E-state index contributed by atoms with van der Waals surface area (Å²) in [5, 5.41) is 0. The van der Waals surface area contributed by atoms with E-state index >= 15 is 0 Å². The maximum atomic E-state index is 6.37. The van der Waals surface area contributed by atoms with Gasteiger partial charge in [0.25, 0.3) is 0 Å². The average Bonchev–Trinajstić information content (AvgIpc) is 2.81. The van der Waals surface area contributed by atoms with Gasteiger partial charge < -0.3 is 5.73 Å². The Labute approximate surface area is 121 Å². The van der Waals surface area contributed by atoms with Gasteiger partial charge in [-0.2, -0.15) is 0 Å². The van der Waals surface area contributed by atoms with E-state index in [-0.39, 0.29) is 5.54 Å². The lowest BCUT2D eigenvalue weighted by Gasteiger charge is -2.32. The summed E-state index contributed by atoms with van der Waals surface area (Å²) in [5.41, 5.74) is 14.0. The van der Waals surface area contributed by atoms with Crippen LogP contribution in [0.2, 0.25) is 0 Å². The molecule has 2 N–H and O–H groups in total. The molecule has 0 fully saturated rings. The summed E-state index contributed by atoms with van der Waals surface area (Å²) < 4.78 is 0. The van der Waals surface area contributed by atoms with Crippen LogP contribution >= 0.6 is 0 Å². The van der Waals surface area contributed by atoms with Crippen LogP contribution in [0, 0.1) is 0 Å². The molecule has 102 valence electrons. The third-order valence-electron chi connectivity index (χ3n) is 4.47. The standard InChI is InChI=1S/C19H21N/c1-4-18-13(2)17(9-10-19(18,3)20)16-11-14-7-5-6-8-15(14)12-16/h4-9,11H,1,10,12,20H2,2-3H3. The number of rotatable bonds is 2. The monoisotopic (exact) mass is 263 g/mol. The summed E-state index contributed by atoms with van der Waals surface area (Å²) >= 11 is 0. The lowest BCUT2D eigenvalue weighted by atomic mass is 9.77. The molecular weight excluding hydrogens is 242 g/mol. The molecule has 0 radical (unpaired) electrons. The number of hydrogen-bond acceptors (Lipinski definition) is 1. The van der Waals surface area contributed by atoms with E-state index in [1.807, 2.05) is 6.08 Å². The van der Waals surface area contributed by atoms with Crippen molar-refractivity contribution in [2.24, 2.45) is 5.73 Å². The molecule has 2 aliphatic rings. The minimum absolute atomic E-state index is 0.290. The van der Waals surface area contributed by atoms with Gasteiger partial charge in [0.05, 0.1) is 0 Å². The molecule has 3 rings (SSSR count). The molecular formula is C19H21N. The Morgan fingerprint density at radius 1 is 1.30 bits per heavy atom. The van der Waals surface area contributed by atoms with Crippen LogP contribution in [0.1, 0.15) is 31.4 Å². The summed E-state index contributed by atoms with van der Waals surface area (Å²) in [4.78, 5) is 0. The first-order valence-corrected chi connectivity index (χ1v) is 7.15. The van der Waals surface area contributed by atoms with Crippen LogP contribution in [0.4, 0.5) is 0 Å². The van der Waals surface area contributed by atoms with E-state index in [1.165, 1.54) is 33.4 Å². The quantitative estimate of drug-likeness (QED) is 0.851. The van der Waals surface area contributed by atoms with E-state index in [2.05, 4.69) is 56.8 Å². The first kappa shape index (κ1) is 13.1. The lowest BCUT2D eigenvalue weighted by Crippen LogP contribution is -2.39. The highest BCUT2D eigenvalue weighted by atomic mass is 14.7. The van der Waals surface area contributed by atoms with Crippen LogP contribution in [-0.4, -0.2) is 5.54 Å². The second kappa shape index (κ2) is 4.60. The zero-order chi connectivity index (χ0) is 14.3. The summed E-state index contributed by atoms with van der Waals surface area (Å²) in [6.07, 6.45) is 8.41. The van der Waals surface area contributed by atoms with Crippen molar-refractivity contribution in [3.05, 3.63) is 76.4 Å². The SMILES string of the molecule is C=CC1=C(C)C(C2=Cc3ccccc3C2)=CCC1(C)N. The van der Waals surface area contributed by atoms with Gasteiger partial charge in [0.1, 0.15) is 0 Å². The molecule has 0 amide bonds. The molecule has 1 aromatic rings. The second-order valence-electron chi connectivity index (χ2n) is 6.03. The van der Waals surface area contributed by atoms with Crippen molar-refractivity contribution in [1.29, 1.82) is 0 Å². The Morgan fingerprint density at radius 2 is 2.05 bits per heavy atom. The predicted molar refractivity (Wildman–Crippen MR) is 86.3 cm³/mol. The zero-order valence-corrected chi connectivity index (χ0v) is 12.2. The van der Waals surface area contributed by atoms with Crippen LogP contribution in [0.5, 0.6) is 0 Å². The van der Waals surface area contributed by atoms with E-state index in [1.54, 1.807) is 0 Å². The second-order valence-corrected chi connectivity index (χ2v) is 6.03. The smallest absolute Gasteiger partial charge is 0.0418 e. The van der Waals surface area contributed by atoms with Crippen molar-refractivity contribution in [2.45, 2.75) is 32.2 Å². The van der Waals surface area contributed by atoms with E-state index in [9.17, 15) is 0 Å². The molecule has 0 saturated carbocycles. The highest BCUT2D eigenvalue weighted by Crippen LogP contribution is 2.39. The topological polar surface area (TPSA) is 26.0 Å². The summed E-state index contributed by atoms with van der Waals surface area (Å²) in [7, 11) is 0. The van der Waals surface area contributed by atoms with Gasteiger partial charge in [0, 0.05) is 5.54 Å². The fourth-order valence-electron chi connectivity index (χ4n) is 3.36. The van der Waals surface area contributed by atoms with Gasteiger partial charge in [-0.15, -0.1) is 0 Å². The summed E-state index contributed by atoms with van der Waals surface area (Å²) in [5.74, 6) is 0. The molecule has 0 bridgehead atoms. The Bertz CT molecular complexity index is 669. The molecule has 1 nitrogen and oxygen atoms in total. The first-order valence-electron chi connectivity index (χ1n) is 7.15. The Balaban J connectivity index is 2.01. The van der Waals surface area contributed by atoms with Crippen LogP contribution in [0.3, 0.4) is 0 Å². The summed E-state index contributed by atoms with van der Waals surface area (Å²) in [6, 6.07) is 8.61. The van der Waals surface area contributed by atoms with Gasteiger partial charge in [0.2, 0.25) is 0 Å². The van der Waals surface area contributed by atoms with Crippen molar-refractivity contribution in [2.75, 3.05) is 0 Å². The fraction of sp³-hybridized carbons (Fsp3) is 0.263. The molecule has 1 unspecified atom stereocenters. The third-order valence-corrected chi connectivity index (χ3v) is 4.47. The minimum atomic E-state index is -0.290. The Kier molecular flexibility index (Phi) is 3.02. The third kappa shape index (κ3) is 1.99. The normalized spacial score (nSPS) is 25.1. The predicted octanol–water partition coefficient (Wildman–Crippen LogP) is 4.18. The maximum absolute atomic E-state index is 6.37. The Hall–Kier alpha value is -1.86. The van der Waals surface area contributed by atoms with E-state index < -0.39 is 0 Å². The molecule has 0 spiro atoms. The number of fused-ring (bicyclic) bond motifs is 1. The van der Waals surface area contributed by atoms with Crippen LogP contribution in [0.25, 0.3) is 6.08 Å². The highest BCUT2D eigenvalue weighted by molar-refractivity contribution is 5.72. The van der Waals surface area contributed by atoms with Crippen molar-refractivity contribution in [3.8, 4) is 0 Å². The van der Waals surface area contributed by atoms with Crippen molar-refractivity contribution in [3.63, 3.8) is 0 Å². The van der Waals surface area contributed by atoms with E-state index in [0.717, 1.165) is 12.8 Å². The van der Waals surface area contributed by atoms with Gasteiger partial charge in [-0.25, -0.2) is 0 Å². The van der Waals surface area contributed by atoms with Crippen LogP contribution in [-0.2, 0) is 6.42 Å². The van der Waals surface area contributed by atoms with E-state index in [0.29, 0.717) is 0 Å². The maximum Gasteiger partial charge on any atom is 0.0418 e. The van der Waals surface area contributed by atoms with Gasteiger partial charge in [-0.3, -0.25) is 0 Å². The number of hydrogen-bond donors (Lipinski definition) is 1. The van der Waals surface area contributed by atoms with Crippen molar-refractivity contribution >= 4 is 6.08 Å². The van der Waals surface area contributed by atoms with Crippen molar-refractivity contribution < 1.29 is 0 Å². The molecule has 0 saturated heterocycles. The molecule has 1 aromatic carbocycles. The fourth-order valence-corrected chi connectivity index (χ4v) is 3.36. The van der Waals surface area contributed by atoms with Crippen LogP contribution in [0.15, 0.2) is 65.3 Å². The number of nitrogens with two attached hydrogens (primary N) is 1. The van der Waals surface area contributed by atoms with Gasteiger partial charge in [-0.1, -0.05) is 49.1 Å². The minimum Gasteiger partial charge on any atom is -0.321 e. The number of allylic oxidation sites excluding steroid dienone is 3. The molecule has 1 heteroatoms. The van der Waals surface area contributed by atoms with E-state index in [4.69, 9.17) is 5.73 Å². The number of benzene rings is 1. The highest BCUT2D eigenvalue weighted by Gasteiger charge is 2.29. The molecule has 0 heterocycles. The van der Waals surface area contributed by atoms with Crippen molar-refractivity contribution in [1.82, 2.24) is 0 Å². The molecule has 1 atom stereocenters.